The van der Waals surface area contributed by atoms with Crippen molar-refractivity contribution in [3.05, 3.63) is 28.8 Å². The summed E-state index contributed by atoms with van der Waals surface area (Å²) in [5.74, 6) is -0.104. The van der Waals surface area contributed by atoms with Gasteiger partial charge in [0.15, 0.2) is 0 Å². The van der Waals surface area contributed by atoms with Gasteiger partial charge in [-0.3, -0.25) is 10.1 Å². The topological polar surface area (TPSA) is 78.4 Å². The van der Waals surface area contributed by atoms with Gasteiger partial charge in [-0.25, -0.2) is 4.79 Å². The molecule has 1 aromatic rings. The molecule has 5 heteroatoms. The van der Waals surface area contributed by atoms with Crippen LogP contribution in [0.3, 0.4) is 0 Å². The molecular weight excluding hydrogens is 208 g/mol. The van der Waals surface area contributed by atoms with Crippen molar-refractivity contribution in [1.29, 1.82) is 0 Å². The Morgan fingerprint density at radius 1 is 1.50 bits per heavy atom. The Hall–Kier alpha value is -2.04. The number of hydrogen-bond acceptors (Lipinski definition) is 2. The second-order valence-electron chi connectivity index (χ2n) is 3.88. The lowest BCUT2D eigenvalue weighted by Gasteiger charge is -2.09. The Morgan fingerprint density at radius 2 is 2.19 bits per heavy atom. The lowest BCUT2D eigenvalue weighted by Crippen LogP contribution is -2.16. The zero-order valence-corrected chi connectivity index (χ0v) is 9.00. The molecule has 0 bridgehead atoms. The van der Waals surface area contributed by atoms with Crippen molar-refractivity contribution < 1.29 is 14.7 Å². The maximum absolute atomic E-state index is 11.5. The van der Waals surface area contributed by atoms with Crippen LogP contribution in [0, 0.1) is 6.92 Å². The summed E-state index contributed by atoms with van der Waals surface area (Å²) in [6, 6.07) is 3.35. The van der Waals surface area contributed by atoms with Crippen molar-refractivity contribution in [3.63, 3.8) is 0 Å². The minimum absolute atomic E-state index is 0.0718. The van der Waals surface area contributed by atoms with E-state index in [2.05, 4.69) is 10.6 Å². The van der Waals surface area contributed by atoms with Crippen LogP contribution in [0.4, 0.5) is 10.5 Å². The second kappa shape index (κ2) is 3.52. The summed E-state index contributed by atoms with van der Waals surface area (Å²) >= 11 is 0. The first-order valence-electron chi connectivity index (χ1n) is 4.94. The SMILES string of the molecule is Cc1cc2c(cc1NC(=O)O)C(C)NC2=O. The monoisotopic (exact) mass is 220 g/mol. The van der Waals surface area contributed by atoms with Crippen molar-refractivity contribution in [1.82, 2.24) is 5.32 Å². The molecule has 84 valence electrons. The van der Waals surface area contributed by atoms with E-state index in [0.29, 0.717) is 11.3 Å². The molecule has 3 N–H and O–H groups in total. The molecule has 1 aliphatic heterocycles. The normalized spacial score (nSPS) is 17.9. The van der Waals surface area contributed by atoms with Gasteiger partial charge in [-0.15, -0.1) is 0 Å². The van der Waals surface area contributed by atoms with Gasteiger partial charge in [-0.05, 0) is 37.1 Å². The fraction of sp³-hybridized carbons (Fsp3) is 0.273. The van der Waals surface area contributed by atoms with Crippen LogP contribution in [0.1, 0.15) is 34.5 Å². The third-order valence-corrected chi connectivity index (χ3v) is 2.70. The van der Waals surface area contributed by atoms with Crippen LogP contribution in [0.5, 0.6) is 0 Å². The third kappa shape index (κ3) is 1.60. The van der Waals surface area contributed by atoms with Crippen molar-refractivity contribution >= 4 is 17.7 Å². The molecule has 2 amide bonds. The molecule has 1 atom stereocenters. The lowest BCUT2D eigenvalue weighted by molar-refractivity contribution is 0.0958. The minimum Gasteiger partial charge on any atom is -0.465 e. The fourth-order valence-corrected chi connectivity index (χ4v) is 1.88. The average molecular weight is 220 g/mol. The van der Waals surface area contributed by atoms with E-state index in [4.69, 9.17) is 5.11 Å². The van der Waals surface area contributed by atoms with Gasteiger partial charge in [-0.2, -0.15) is 0 Å². The highest BCUT2D eigenvalue weighted by Gasteiger charge is 2.26. The quantitative estimate of drug-likeness (QED) is 0.676. The number of fused-ring (bicyclic) bond motifs is 1. The molecule has 0 radical (unpaired) electrons. The summed E-state index contributed by atoms with van der Waals surface area (Å²) in [6.07, 6.45) is -1.10. The Balaban J connectivity index is 2.49. The van der Waals surface area contributed by atoms with Crippen LogP contribution in [0.2, 0.25) is 0 Å². The van der Waals surface area contributed by atoms with Crippen molar-refractivity contribution in [2.75, 3.05) is 5.32 Å². The van der Waals surface area contributed by atoms with Crippen LogP contribution in [0.15, 0.2) is 12.1 Å². The molecule has 0 saturated heterocycles. The Morgan fingerprint density at radius 3 is 2.81 bits per heavy atom. The standard InChI is InChI=1S/C11H12N2O3/c1-5-3-8-7(6(2)12-10(8)14)4-9(5)13-11(15)16/h3-4,6,13H,1-2H3,(H,12,14)(H,15,16). The van der Waals surface area contributed by atoms with Gasteiger partial charge < -0.3 is 10.4 Å². The van der Waals surface area contributed by atoms with Gasteiger partial charge in [0.1, 0.15) is 0 Å². The molecule has 0 aromatic heterocycles. The van der Waals surface area contributed by atoms with Gasteiger partial charge in [0.2, 0.25) is 0 Å². The fourth-order valence-electron chi connectivity index (χ4n) is 1.88. The number of carbonyl (C=O) groups is 2. The maximum Gasteiger partial charge on any atom is 0.409 e. The van der Waals surface area contributed by atoms with Crippen LogP contribution < -0.4 is 10.6 Å². The number of amides is 2. The highest BCUT2D eigenvalue weighted by molar-refractivity contribution is 6.00. The Bertz CT molecular complexity index is 482. The lowest BCUT2D eigenvalue weighted by atomic mass is 10.0. The smallest absolute Gasteiger partial charge is 0.409 e. The minimum atomic E-state index is -1.10. The molecule has 1 aromatic carbocycles. The number of nitrogens with one attached hydrogen (secondary N) is 2. The number of hydrogen-bond donors (Lipinski definition) is 3. The molecule has 1 unspecified atom stereocenters. The van der Waals surface area contributed by atoms with E-state index in [-0.39, 0.29) is 11.9 Å². The second-order valence-corrected chi connectivity index (χ2v) is 3.88. The molecule has 0 spiro atoms. The van der Waals surface area contributed by atoms with Gasteiger partial charge in [0.25, 0.3) is 5.91 Å². The zero-order valence-electron chi connectivity index (χ0n) is 9.00. The predicted molar refractivity (Wildman–Crippen MR) is 58.7 cm³/mol. The van der Waals surface area contributed by atoms with Crippen molar-refractivity contribution in [2.24, 2.45) is 0 Å². The number of benzene rings is 1. The Kier molecular flexibility index (Phi) is 2.30. The van der Waals surface area contributed by atoms with Crippen LogP contribution in [0.25, 0.3) is 0 Å². The van der Waals surface area contributed by atoms with E-state index < -0.39 is 6.09 Å². The van der Waals surface area contributed by atoms with E-state index in [1.807, 2.05) is 6.92 Å². The van der Waals surface area contributed by atoms with Crippen LogP contribution >= 0.6 is 0 Å². The van der Waals surface area contributed by atoms with E-state index in [1.54, 1.807) is 19.1 Å². The van der Waals surface area contributed by atoms with Gasteiger partial charge in [0, 0.05) is 11.3 Å². The number of aryl methyl sites for hydroxylation is 1. The number of carbonyl (C=O) groups excluding carboxylic acids is 1. The molecule has 5 nitrogen and oxygen atoms in total. The van der Waals surface area contributed by atoms with Crippen molar-refractivity contribution in [2.45, 2.75) is 19.9 Å². The van der Waals surface area contributed by atoms with E-state index in [9.17, 15) is 9.59 Å². The summed E-state index contributed by atoms with van der Waals surface area (Å²) in [5, 5.41) is 13.8. The molecule has 1 heterocycles. The summed E-state index contributed by atoms with van der Waals surface area (Å²) in [6.45, 7) is 3.63. The van der Waals surface area contributed by atoms with Gasteiger partial charge >= 0.3 is 6.09 Å². The van der Waals surface area contributed by atoms with Gasteiger partial charge in [-0.1, -0.05) is 0 Å². The maximum atomic E-state index is 11.5. The van der Waals surface area contributed by atoms with E-state index >= 15 is 0 Å². The first kappa shape index (κ1) is 10.5. The predicted octanol–water partition coefficient (Wildman–Crippen LogP) is 1.89. The Labute approximate surface area is 92.5 Å². The number of anilines is 1. The van der Waals surface area contributed by atoms with Gasteiger partial charge in [0.05, 0.1) is 6.04 Å². The molecule has 0 aliphatic carbocycles. The van der Waals surface area contributed by atoms with Crippen LogP contribution in [-0.4, -0.2) is 17.1 Å². The van der Waals surface area contributed by atoms with Crippen molar-refractivity contribution in [3.8, 4) is 0 Å². The molecule has 1 aliphatic rings. The average Bonchev–Trinajstić information content (AvgIpc) is 2.43. The summed E-state index contributed by atoms with van der Waals surface area (Å²) < 4.78 is 0. The third-order valence-electron chi connectivity index (χ3n) is 2.70. The highest BCUT2D eigenvalue weighted by atomic mass is 16.4. The number of carboxylic acid groups (broad SMARTS) is 1. The van der Waals surface area contributed by atoms with E-state index in [0.717, 1.165) is 11.1 Å². The molecule has 16 heavy (non-hydrogen) atoms. The first-order chi connectivity index (χ1) is 7.49. The summed E-state index contributed by atoms with van der Waals surface area (Å²) in [5.41, 5.74) is 2.72. The molecule has 0 fully saturated rings. The summed E-state index contributed by atoms with van der Waals surface area (Å²) in [4.78, 5) is 22.1. The van der Waals surface area contributed by atoms with E-state index in [1.165, 1.54) is 0 Å². The molecule has 2 rings (SSSR count). The first-order valence-corrected chi connectivity index (χ1v) is 4.94. The molecular formula is C11H12N2O3. The number of rotatable bonds is 1. The molecule has 0 saturated carbocycles. The highest BCUT2D eigenvalue weighted by Crippen LogP contribution is 2.30. The van der Waals surface area contributed by atoms with Crippen LogP contribution in [-0.2, 0) is 0 Å². The summed E-state index contributed by atoms with van der Waals surface area (Å²) in [7, 11) is 0. The largest absolute Gasteiger partial charge is 0.465 e. The zero-order chi connectivity index (χ0) is 11.9.